The lowest BCUT2D eigenvalue weighted by molar-refractivity contribution is 0.372. The number of guanidine groups is 1. The molecular weight excluding hydrogens is 494 g/mol. The predicted octanol–water partition coefficient (Wildman–Crippen LogP) is 3.65. The SMILES string of the molecule is CCNC(=NCCc1nc2ccccc2[nH]1)N1CCN(c2ccc(F)cc2)CC1.I. The molecule has 6 nitrogen and oxygen atoms in total. The van der Waals surface area contributed by atoms with Crippen LogP contribution >= 0.6 is 24.0 Å². The lowest BCUT2D eigenvalue weighted by Crippen LogP contribution is -2.52. The molecular formula is C22H28FIN6. The molecule has 0 saturated carbocycles. The van der Waals surface area contributed by atoms with Crippen LogP contribution in [0.4, 0.5) is 10.1 Å². The molecule has 8 heteroatoms. The summed E-state index contributed by atoms with van der Waals surface area (Å²) >= 11 is 0. The summed E-state index contributed by atoms with van der Waals surface area (Å²) in [4.78, 5) is 17.4. The molecule has 1 aliphatic heterocycles. The Balaban J connectivity index is 0.00000256. The molecule has 1 aromatic heterocycles. The standard InChI is InChI=1S/C22H27FN6.HI/c1-2-24-22(25-12-11-21-26-19-5-3-4-6-20(19)27-21)29-15-13-28(14-16-29)18-9-7-17(23)8-10-18;/h3-10H,2,11-16H2,1H3,(H,24,25)(H,26,27);1H. The van der Waals surface area contributed by atoms with E-state index in [4.69, 9.17) is 4.99 Å². The van der Waals surface area contributed by atoms with Gasteiger partial charge in [-0.15, -0.1) is 24.0 Å². The number of rotatable bonds is 5. The molecule has 0 spiro atoms. The maximum Gasteiger partial charge on any atom is 0.194 e. The van der Waals surface area contributed by atoms with E-state index in [-0.39, 0.29) is 29.8 Å². The van der Waals surface area contributed by atoms with Gasteiger partial charge in [-0.25, -0.2) is 9.37 Å². The van der Waals surface area contributed by atoms with Crippen LogP contribution in [-0.2, 0) is 6.42 Å². The van der Waals surface area contributed by atoms with Crippen LogP contribution in [0.25, 0.3) is 11.0 Å². The highest BCUT2D eigenvalue weighted by Crippen LogP contribution is 2.17. The van der Waals surface area contributed by atoms with Crippen molar-refractivity contribution in [2.45, 2.75) is 13.3 Å². The smallest absolute Gasteiger partial charge is 0.194 e. The Kier molecular flexibility index (Phi) is 7.89. The van der Waals surface area contributed by atoms with Crippen LogP contribution in [0, 0.1) is 5.82 Å². The number of aromatic amines is 1. The number of hydrogen-bond acceptors (Lipinski definition) is 3. The summed E-state index contributed by atoms with van der Waals surface area (Å²) in [7, 11) is 0. The van der Waals surface area contributed by atoms with E-state index in [9.17, 15) is 4.39 Å². The summed E-state index contributed by atoms with van der Waals surface area (Å²) in [6.45, 7) is 7.15. The molecule has 160 valence electrons. The van der Waals surface area contributed by atoms with Gasteiger partial charge in [-0.3, -0.25) is 4.99 Å². The number of anilines is 1. The van der Waals surface area contributed by atoms with Gasteiger partial charge in [-0.05, 0) is 43.3 Å². The first-order valence-electron chi connectivity index (χ1n) is 10.2. The zero-order valence-corrected chi connectivity index (χ0v) is 19.5. The zero-order valence-electron chi connectivity index (χ0n) is 17.1. The first kappa shape index (κ1) is 22.3. The van der Waals surface area contributed by atoms with Crippen molar-refractivity contribution >= 4 is 46.7 Å². The van der Waals surface area contributed by atoms with Crippen LogP contribution < -0.4 is 10.2 Å². The summed E-state index contributed by atoms with van der Waals surface area (Å²) in [6.07, 6.45) is 0.777. The minimum Gasteiger partial charge on any atom is -0.368 e. The summed E-state index contributed by atoms with van der Waals surface area (Å²) in [5.74, 6) is 1.72. The van der Waals surface area contributed by atoms with Gasteiger partial charge in [0.15, 0.2) is 5.96 Å². The molecule has 1 aliphatic rings. The van der Waals surface area contributed by atoms with Crippen molar-refractivity contribution in [1.29, 1.82) is 0 Å². The quantitative estimate of drug-likeness (QED) is 0.305. The number of fused-ring (bicyclic) bond motifs is 1. The molecule has 3 aromatic rings. The van der Waals surface area contributed by atoms with E-state index in [0.29, 0.717) is 6.54 Å². The highest BCUT2D eigenvalue weighted by molar-refractivity contribution is 14.0. The number of nitrogens with one attached hydrogen (secondary N) is 2. The molecule has 30 heavy (non-hydrogen) atoms. The van der Waals surface area contributed by atoms with Crippen molar-refractivity contribution < 1.29 is 4.39 Å². The molecule has 0 atom stereocenters. The van der Waals surface area contributed by atoms with E-state index in [0.717, 1.165) is 67.6 Å². The fraction of sp³-hybridized carbons (Fsp3) is 0.364. The molecule has 2 heterocycles. The molecule has 2 aromatic carbocycles. The van der Waals surface area contributed by atoms with Gasteiger partial charge in [0, 0.05) is 51.4 Å². The molecule has 1 fully saturated rings. The van der Waals surface area contributed by atoms with E-state index in [2.05, 4.69) is 32.0 Å². The van der Waals surface area contributed by atoms with Gasteiger partial charge in [0.05, 0.1) is 11.0 Å². The number of benzene rings is 2. The number of aromatic nitrogens is 2. The molecule has 0 unspecified atom stereocenters. The van der Waals surface area contributed by atoms with Crippen LogP contribution in [0.15, 0.2) is 53.5 Å². The molecule has 0 aliphatic carbocycles. The second-order valence-electron chi connectivity index (χ2n) is 7.14. The van der Waals surface area contributed by atoms with Gasteiger partial charge in [0.1, 0.15) is 11.6 Å². The van der Waals surface area contributed by atoms with Crippen LogP contribution in [0.3, 0.4) is 0 Å². The summed E-state index contributed by atoms with van der Waals surface area (Å²) in [6, 6.07) is 14.8. The van der Waals surface area contributed by atoms with E-state index in [1.807, 2.05) is 36.4 Å². The largest absolute Gasteiger partial charge is 0.368 e. The van der Waals surface area contributed by atoms with Crippen molar-refractivity contribution in [1.82, 2.24) is 20.2 Å². The first-order chi connectivity index (χ1) is 14.2. The number of nitrogens with zero attached hydrogens (tertiary/aromatic N) is 4. The number of piperazine rings is 1. The third kappa shape index (κ3) is 5.41. The maximum atomic E-state index is 13.2. The fourth-order valence-electron chi connectivity index (χ4n) is 3.65. The maximum absolute atomic E-state index is 13.2. The number of H-pyrrole nitrogens is 1. The zero-order chi connectivity index (χ0) is 20.1. The topological polar surface area (TPSA) is 59.6 Å². The summed E-state index contributed by atoms with van der Waals surface area (Å²) in [5.41, 5.74) is 3.13. The molecule has 4 rings (SSSR count). The molecule has 1 saturated heterocycles. The van der Waals surface area contributed by atoms with Gasteiger partial charge in [-0.2, -0.15) is 0 Å². The minimum absolute atomic E-state index is 0. The molecule has 2 N–H and O–H groups in total. The Morgan fingerprint density at radius 1 is 1.10 bits per heavy atom. The normalized spacial score (nSPS) is 14.7. The third-order valence-electron chi connectivity index (χ3n) is 5.15. The van der Waals surface area contributed by atoms with Gasteiger partial charge < -0.3 is 20.1 Å². The highest BCUT2D eigenvalue weighted by Gasteiger charge is 2.19. The van der Waals surface area contributed by atoms with Crippen LogP contribution in [0.5, 0.6) is 0 Å². The number of hydrogen-bond donors (Lipinski definition) is 2. The second kappa shape index (κ2) is 10.6. The summed E-state index contributed by atoms with van der Waals surface area (Å²) in [5, 5.41) is 3.40. The van der Waals surface area contributed by atoms with Crippen molar-refractivity contribution in [3.8, 4) is 0 Å². The third-order valence-corrected chi connectivity index (χ3v) is 5.15. The van der Waals surface area contributed by atoms with Crippen LogP contribution in [-0.4, -0.2) is 60.1 Å². The molecule has 0 amide bonds. The predicted molar refractivity (Wildman–Crippen MR) is 131 cm³/mol. The number of para-hydroxylation sites is 2. The Bertz CT molecular complexity index is 930. The number of imidazole rings is 1. The molecule has 0 bridgehead atoms. The lowest BCUT2D eigenvalue weighted by atomic mass is 10.2. The van der Waals surface area contributed by atoms with E-state index >= 15 is 0 Å². The highest BCUT2D eigenvalue weighted by atomic mass is 127. The van der Waals surface area contributed by atoms with Crippen LogP contribution in [0.2, 0.25) is 0 Å². The van der Waals surface area contributed by atoms with Gasteiger partial charge >= 0.3 is 0 Å². The van der Waals surface area contributed by atoms with Crippen LogP contribution in [0.1, 0.15) is 12.7 Å². The van der Waals surface area contributed by atoms with E-state index in [1.165, 1.54) is 12.1 Å². The van der Waals surface area contributed by atoms with E-state index in [1.54, 1.807) is 0 Å². The number of aliphatic imine (C=N–C) groups is 1. The lowest BCUT2D eigenvalue weighted by Gasteiger charge is -2.37. The Morgan fingerprint density at radius 2 is 1.83 bits per heavy atom. The second-order valence-corrected chi connectivity index (χ2v) is 7.14. The van der Waals surface area contributed by atoms with Gasteiger partial charge in [0.2, 0.25) is 0 Å². The summed E-state index contributed by atoms with van der Waals surface area (Å²) < 4.78 is 13.2. The average Bonchev–Trinajstić information content (AvgIpc) is 3.17. The monoisotopic (exact) mass is 522 g/mol. The van der Waals surface area contributed by atoms with Crippen molar-refractivity contribution in [3.05, 3.63) is 60.2 Å². The van der Waals surface area contributed by atoms with Crippen molar-refractivity contribution in [3.63, 3.8) is 0 Å². The Labute approximate surface area is 193 Å². The van der Waals surface area contributed by atoms with Crippen molar-refractivity contribution in [2.75, 3.05) is 44.2 Å². The van der Waals surface area contributed by atoms with Gasteiger partial charge in [-0.1, -0.05) is 12.1 Å². The van der Waals surface area contributed by atoms with E-state index < -0.39 is 0 Å². The van der Waals surface area contributed by atoms with Gasteiger partial charge in [0.25, 0.3) is 0 Å². The number of halogens is 2. The Hall–Kier alpha value is -2.36. The fourth-order valence-corrected chi connectivity index (χ4v) is 3.65. The molecule has 0 radical (unpaired) electrons. The minimum atomic E-state index is -0.196. The first-order valence-corrected chi connectivity index (χ1v) is 10.2. The van der Waals surface area contributed by atoms with Crippen molar-refractivity contribution in [2.24, 2.45) is 4.99 Å². The Morgan fingerprint density at radius 3 is 2.53 bits per heavy atom. The average molecular weight is 522 g/mol.